The van der Waals surface area contributed by atoms with E-state index in [0.717, 1.165) is 5.56 Å². The van der Waals surface area contributed by atoms with Crippen molar-refractivity contribution in [2.45, 2.75) is 12.0 Å². The summed E-state index contributed by atoms with van der Waals surface area (Å²) in [5, 5.41) is 1.91. The van der Waals surface area contributed by atoms with Crippen molar-refractivity contribution < 1.29 is 27.1 Å². The zero-order valence-electron chi connectivity index (χ0n) is 13.4. The summed E-state index contributed by atoms with van der Waals surface area (Å²) < 4.78 is 57.7. The van der Waals surface area contributed by atoms with Gasteiger partial charge >= 0.3 is 12.0 Å². The maximum absolute atomic E-state index is 14.0. The molecule has 0 saturated carbocycles. The largest absolute Gasteiger partial charge is 0.458 e. The van der Waals surface area contributed by atoms with Crippen molar-refractivity contribution in [2.24, 2.45) is 0 Å². The quantitative estimate of drug-likeness (QED) is 0.714. The molecule has 0 unspecified atom stereocenters. The van der Waals surface area contributed by atoms with Crippen LogP contribution in [0.3, 0.4) is 0 Å². The number of methoxy groups -OCH3 is 1. The number of anilines is 1. The summed E-state index contributed by atoms with van der Waals surface area (Å²) in [6.07, 6.45) is -2.28. The van der Waals surface area contributed by atoms with E-state index < -0.39 is 17.9 Å². The van der Waals surface area contributed by atoms with Gasteiger partial charge in [-0.3, -0.25) is 4.79 Å². The zero-order chi connectivity index (χ0) is 18.9. The molecule has 0 saturated heterocycles. The Hall–Kier alpha value is -2.94. The van der Waals surface area contributed by atoms with E-state index in [1.165, 1.54) is 16.5 Å². The van der Waals surface area contributed by atoms with Crippen LogP contribution in [0, 0.1) is 0 Å². The van der Waals surface area contributed by atoms with E-state index in [2.05, 4.69) is 9.72 Å². The second-order valence-corrected chi connectivity index (χ2v) is 5.40. The van der Waals surface area contributed by atoms with Crippen LogP contribution in [0.4, 0.5) is 23.2 Å². The number of nitrogens with one attached hydrogen (secondary N) is 1. The van der Waals surface area contributed by atoms with Crippen LogP contribution in [0.5, 0.6) is 0 Å². The van der Waals surface area contributed by atoms with Crippen LogP contribution in [-0.2, 0) is 9.53 Å². The Bertz CT molecular complexity index is 940. The number of nitrogens with zero attached hydrogens (tertiary/aromatic N) is 2. The number of carbonyl (C=O) groups is 1. The molecular formula is C17H13F4N3O2. The third kappa shape index (κ3) is 3.01. The van der Waals surface area contributed by atoms with Gasteiger partial charge in [-0.15, -0.1) is 0 Å². The fourth-order valence-electron chi connectivity index (χ4n) is 2.40. The van der Waals surface area contributed by atoms with Gasteiger partial charge < -0.3 is 14.5 Å². The van der Waals surface area contributed by atoms with E-state index in [4.69, 9.17) is 0 Å². The molecule has 3 aromatic rings. The van der Waals surface area contributed by atoms with Gasteiger partial charge in [-0.05, 0) is 12.1 Å². The number of carbonyl (C=O) groups excluding carboxylic acids is 1. The van der Waals surface area contributed by atoms with E-state index in [0.29, 0.717) is 12.8 Å². The Kier molecular flexibility index (Phi) is 4.41. The average molecular weight is 367 g/mol. The number of imidazole rings is 1. The highest BCUT2D eigenvalue weighted by Crippen LogP contribution is 2.36. The summed E-state index contributed by atoms with van der Waals surface area (Å²) >= 11 is 0. The molecule has 3 rings (SSSR count). The second-order valence-electron chi connectivity index (χ2n) is 5.40. The van der Waals surface area contributed by atoms with Crippen LogP contribution < -0.4 is 5.32 Å². The van der Waals surface area contributed by atoms with Gasteiger partial charge in [0.05, 0.1) is 11.4 Å². The van der Waals surface area contributed by atoms with Crippen molar-refractivity contribution in [3.05, 3.63) is 54.9 Å². The lowest BCUT2D eigenvalue weighted by atomic mass is 10.2. The summed E-state index contributed by atoms with van der Waals surface area (Å²) in [4.78, 5) is 16.2. The average Bonchev–Trinajstić information content (AvgIpc) is 3.06. The summed E-state index contributed by atoms with van der Waals surface area (Å²) in [5.41, 5.74) is 1.41. The molecule has 0 fully saturated rings. The van der Waals surface area contributed by atoms with Crippen LogP contribution in [-0.4, -0.2) is 34.4 Å². The number of alkyl halides is 4. The number of rotatable bonds is 4. The normalized spacial score (nSPS) is 14.2. The topological polar surface area (TPSA) is 55.6 Å². The van der Waals surface area contributed by atoms with E-state index in [9.17, 15) is 22.4 Å². The highest BCUT2D eigenvalue weighted by Gasteiger charge is 2.63. The van der Waals surface area contributed by atoms with Gasteiger partial charge in [0.2, 0.25) is 0 Å². The van der Waals surface area contributed by atoms with Gasteiger partial charge in [-0.2, -0.15) is 17.6 Å². The van der Waals surface area contributed by atoms with E-state index in [-0.39, 0.29) is 11.3 Å². The lowest BCUT2D eigenvalue weighted by Crippen LogP contribution is -2.52. The van der Waals surface area contributed by atoms with Crippen LogP contribution in [0.25, 0.3) is 16.9 Å². The Labute approximate surface area is 145 Å². The predicted molar refractivity (Wildman–Crippen MR) is 86.2 cm³/mol. The number of pyridine rings is 1. The molecule has 0 aliphatic carbocycles. The molecule has 136 valence electrons. The maximum Gasteiger partial charge on any atom is 0.458 e. The number of amides is 1. The number of hydrogen-bond donors (Lipinski definition) is 1. The number of fused-ring (bicyclic) bond motifs is 1. The highest BCUT2D eigenvalue weighted by atomic mass is 19.4. The van der Waals surface area contributed by atoms with E-state index in [1.54, 1.807) is 36.7 Å². The highest BCUT2D eigenvalue weighted by molar-refractivity contribution is 5.99. The standard InChI is InChI=1S/C17H13F4N3O2/c1-26-16(18,17(19,20)21)15(25)23-12-8-5-9-24-10-13(22-14(12)24)11-6-3-2-4-7-11/h2-10H,1H3,(H,23,25)/t16-/m0/s1. The summed E-state index contributed by atoms with van der Waals surface area (Å²) in [6.45, 7) is 0. The third-order valence-electron chi connectivity index (χ3n) is 3.74. The Balaban J connectivity index is 1.99. The second kappa shape index (κ2) is 6.41. The van der Waals surface area contributed by atoms with Crippen molar-refractivity contribution in [1.29, 1.82) is 0 Å². The molecular weight excluding hydrogens is 354 g/mol. The fraction of sp³-hybridized carbons (Fsp3) is 0.176. The first-order valence-electron chi connectivity index (χ1n) is 7.41. The summed E-state index contributed by atoms with van der Waals surface area (Å²) in [5.74, 6) is -6.45. The van der Waals surface area contributed by atoms with Crippen LogP contribution in [0.2, 0.25) is 0 Å². The van der Waals surface area contributed by atoms with Gasteiger partial charge in [0.1, 0.15) is 0 Å². The minimum Gasteiger partial charge on any atom is -0.335 e. The predicted octanol–water partition coefficient (Wildman–Crippen LogP) is 3.81. The van der Waals surface area contributed by atoms with Crippen LogP contribution in [0.1, 0.15) is 0 Å². The van der Waals surface area contributed by atoms with Crippen molar-refractivity contribution in [2.75, 3.05) is 12.4 Å². The molecule has 2 heterocycles. The summed E-state index contributed by atoms with van der Waals surface area (Å²) in [6, 6.07) is 11.9. The minimum atomic E-state index is -5.53. The Morgan fingerprint density at radius 2 is 1.81 bits per heavy atom. The molecule has 9 heteroatoms. The number of hydrogen-bond acceptors (Lipinski definition) is 3. The SMILES string of the molecule is CO[C@@](F)(C(=O)Nc1cccn2cc(-c3ccccc3)nc12)C(F)(F)F. The van der Waals surface area contributed by atoms with Crippen molar-refractivity contribution >= 4 is 17.2 Å². The molecule has 2 aromatic heterocycles. The Morgan fingerprint density at radius 1 is 1.12 bits per heavy atom. The molecule has 0 aliphatic heterocycles. The summed E-state index contributed by atoms with van der Waals surface area (Å²) in [7, 11) is 0.469. The molecule has 0 radical (unpaired) electrons. The molecule has 1 amide bonds. The molecule has 0 spiro atoms. The monoisotopic (exact) mass is 367 g/mol. The first-order valence-corrected chi connectivity index (χ1v) is 7.41. The number of aromatic nitrogens is 2. The molecule has 5 nitrogen and oxygen atoms in total. The lowest BCUT2D eigenvalue weighted by molar-refractivity contribution is -0.305. The van der Waals surface area contributed by atoms with Crippen molar-refractivity contribution in [3.63, 3.8) is 0 Å². The van der Waals surface area contributed by atoms with E-state index in [1.807, 2.05) is 11.4 Å². The van der Waals surface area contributed by atoms with E-state index >= 15 is 0 Å². The smallest absolute Gasteiger partial charge is 0.335 e. The number of benzene rings is 1. The fourth-order valence-corrected chi connectivity index (χ4v) is 2.40. The molecule has 1 N–H and O–H groups in total. The third-order valence-corrected chi connectivity index (χ3v) is 3.74. The van der Waals surface area contributed by atoms with Crippen molar-refractivity contribution in [1.82, 2.24) is 9.38 Å². The van der Waals surface area contributed by atoms with Gasteiger partial charge in [0.25, 0.3) is 5.91 Å². The Morgan fingerprint density at radius 3 is 2.42 bits per heavy atom. The first kappa shape index (κ1) is 17.9. The lowest BCUT2D eigenvalue weighted by Gasteiger charge is -2.24. The van der Waals surface area contributed by atoms with Gasteiger partial charge in [-0.25, -0.2) is 4.98 Å². The van der Waals surface area contributed by atoms with Crippen molar-refractivity contribution in [3.8, 4) is 11.3 Å². The molecule has 0 aliphatic rings. The van der Waals surface area contributed by atoms with Gasteiger partial charge in [0.15, 0.2) is 5.65 Å². The van der Waals surface area contributed by atoms with Gasteiger partial charge in [-0.1, -0.05) is 30.3 Å². The maximum atomic E-state index is 14.0. The zero-order valence-corrected chi connectivity index (χ0v) is 13.4. The molecule has 0 bridgehead atoms. The number of ether oxygens (including phenoxy) is 1. The number of halogens is 4. The molecule has 1 atom stereocenters. The minimum absolute atomic E-state index is 0.0805. The van der Waals surface area contributed by atoms with Crippen LogP contribution in [0.15, 0.2) is 54.9 Å². The molecule has 26 heavy (non-hydrogen) atoms. The van der Waals surface area contributed by atoms with Gasteiger partial charge in [0, 0.05) is 25.1 Å². The van der Waals surface area contributed by atoms with Crippen LogP contribution >= 0.6 is 0 Å². The molecule has 1 aromatic carbocycles. The first-order chi connectivity index (χ1) is 12.3.